The minimum Gasteiger partial charge on any atom is -0.365 e. The first-order chi connectivity index (χ1) is 10.2. The Labute approximate surface area is 120 Å². The first-order valence-electron chi connectivity index (χ1n) is 6.59. The molecule has 2 aromatic rings. The van der Waals surface area contributed by atoms with E-state index in [-0.39, 0.29) is 0 Å². The van der Waals surface area contributed by atoms with Gasteiger partial charge in [-0.1, -0.05) is 0 Å². The number of halogens is 2. The van der Waals surface area contributed by atoms with Gasteiger partial charge in [0, 0.05) is 26.2 Å². The topological polar surface area (TPSA) is 58.0 Å². The van der Waals surface area contributed by atoms with Crippen molar-refractivity contribution in [2.75, 3.05) is 36.0 Å². The van der Waals surface area contributed by atoms with Gasteiger partial charge >= 0.3 is 0 Å². The Morgan fingerprint density at radius 1 is 0.810 bits per heavy atom. The summed E-state index contributed by atoms with van der Waals surface area (Å²) in [7, 11) is 0. The van der Waals surface area contributed by atoms with Crippen molar-refractivity contribution < 1.29 is 8.78 Å². The van der Waals surface area contributed by atoms with Crippen LogP contribution in [0, 0.1) is 0 Å². The molecular formula is C13H14F2N6. The van der Waals surface area contributed by atoms with Crippen LogP contribution in [-0.2, 0) is 0 Å². The second kappa shape index (κ2) is 5.94. The summed E-state index contributed by atoms with van der Waals surface area (Å²) in [6.07, 6.45) is 5.34. The summed E-state index contributed by atoms with van der Waals surface area (Å²) in [5.41, 5.74) is 1.75. The van der Waals surface area contributed by atoms with E-state index in [9.17, 15) is 8.78 Å². The maximum atomic E-state index is 12.4. The van der Waals surface area contributed by atoms with Crippen LogP contribution in [0.3, 0.4) is 0 Å². The largest absolute Gasteiger partial charge is 0.365 e. The summed E-state index contributed by atoms with van der Waals surface area (Å²) >= 11 is 0. The van der Waals surface area contributed by atoms with Crippen molar-refractivity contribution in [3.63, 3.8) is 0 Å². The van der Waals surface area contributed by atoms with Gasteiger partial charge in [0.05, 0.1) is 36.2 Å². The van der Waals surface area contributed by atoms with Gasteiger partial charge in [0.2, 0.25) is 0 Å². The highest BCUT2D eigenvalue weighted by atomic mass is 19.3. The quantitative estimate of drug-likeness (QED) is 0.855. The average molecular weight is 292 g/mol. The molecule has 8 heteroatoms. The third-order valence-electron chi connectivity index (χ3n) is 3.41. The van der Waals surface area contributed by atoms with Crippen LogP contribution >= 0.6 is 0 Å². The maximum absolute atomic E-state index is 12.4. The highest BCUT2D eigenvalue weighted by Gasteiger charge is 2.19. The molecule has 1 fully saturated rings. The van der Waals surface area contributed by atoms with Crippen molar-refractivity contribution in [3.8, 4) is 0 Å². The predicted octanol–water partition coefficient (Wildman–Crippen LogP) is 1.53. The van der Waals surface area contributed by atoms with E-state index in [1.54, 1.807) is 12.4 Å². The van der Waals surface area contributed by atoms with Crippen molar-refractivity contribution in [2.24, 2.45) is 0 Å². The van der Waals surface area contributed by atoms with Crippen molar-refractivity contribution >= 4 is 11.4 Å². The van der Waals surface area contributed by atoms with Crippen LogP contribution in [0.4, 0.5) is 20.2 Å². The van der Waals surface area contributed by atoms with E-state index >= 15 is 0 Å². The number of rotatable bonds is 3. The van der Waals surface area contributed by atoms with Gasteiger partial charge in [-0.2, -0.15) is 0 Å². The summed E-state index contributed by atoms with van der Waals surface area (Å²) in [6.45, 7) is 3.16. The molecule has 110 valence electrons. The Morgan fingerprint density at radius 2 is 1.29 bits per heavy atom. The smallest absolute Gasteiger partial charge is 0.297 e. The molecule has 2 aromatic heterocycles. The molecule has 1 aliphatic rings. The monoisotopic (exact) mass is 292 g/mol. The van der Waals surface area contributed by atoms with E-state index in [2.05, 4.69) is 29.7 Å². The van der Waals surface area contributed by atoms with Crippen LogP contribution < -0.4 is 9.80 Å². The van der Waals surface area contributed by atoms with Crippen molar-refractivity contribution in [2.45, 2.75) is 6.43 Å². The number of hydrogen-bond donors (Lipinski definition) is 0. The molecule has 0 aliphatic carbocycles. The molecule has 3 rings (SSSR count). The fraction of sp³-hybridized carbons (Fsp3) is 0.385. The van der Waals surface area contributed by atoms with Gasteiger partial charge in [0.1, 0.15) is 6.33 Å². The second-order valence-electron chi connectivity index (χ2n) is 4.67. The van der Waals surface area contributed by atoms with Crippen LogP contribution in [0.5, 0.6) is 0 Å². The second-order valence-corrected chi connectivity index (χ2v) is 4.67. The lowest BCUT2D eigenvalue weighted by Crippen LogP contribution is -2.46. The number of hydrogen-bond acceptors (Lipinski definition) is 6. The number of piperazine rings is 1. The molecule has 1 aliphatic heterocycles. The van der Waals surface area contributed by atoms with Gasteiger partial charge in [0.25, 0.3) is 6.43 Å². The van der Waals surface area contributed by atoms with E-state index < -0.39 is 12.2 Å². The molecule has 0 radical (unpaired) electrons. The number of anilines is 2. The van der Waals surface area contributed by atoms with Crippen molar-refractivity contribution in [3.05, 3.63) is 36.9 Å². The molecule has 6 nitrogen and oxygen atoms in total. The van der Waals surface area contributed by atoms with E-state index in [1.807, 2.05) is 0 Å². The lowest BCUT2D eigenvalue weighted by molar-refractivity contribution is 0.140. The van der Waals surface area contributed by atoms with Crippen molar-refractivity contribution in [1.29, 1.82) is 0 Å². The Kier molecular flexibility index (Phi) is 3.85. The third kappa shape index (κ3) is 3.04. The maximum Gasteiger partial charge on any atom is 0.297 e. The summed E-state index contributed by atoms with van der Waals surface area (Å²) in [6, 6.07) is 0. The van der Waals surface area contributed by atoms with Crippen LogP contribution in [0.25, 0.3) is 0 Å². The zero-order valence-corrected chi connectivity index (χ0v) is 11.2. The molecule has 3 heterocycles. The van der Waals surface area contributed by atoms with Gasteiger partial charge in [-0.3, -0.25) is 0 Å². The number of alkyl halides is 2. The summed E-state index contributed by atoms with van der Waals surface area (Å²) in [5.74, 6) is -0.432. The predicted molar refractivity (Wildman–Crippen MR) is 73.4 cm³/mol. The van der Waals surface area contributed by atoms with Gasteiger partial charge in [0.15, 0.2) is 5.82 Å². The van der Waals surface area contributed by atoms with Gasteiger partial charge in [-0.15, -0.1) is 0 Å². The summed E-state index contributed by atoms with van der Waals surface area (Å²) < 4.78 is 24.8. The van der Waals surface area contributed by atoms with E-state index in [0.29, 0.717) is 0 Å². The zero-order valence-electron chi connectivity index (χ0n) is 11.2. The van der Waals surface area contributed by atoms with E-state index in [1.165, 1.54) is 18.7 Å². The minimum atomic E-state index is -2.63. The molecule has 0 saturated carbocycles. The molecule has 0 spiro atoms. The molecule has 0 N–H and O–H groups in total. The van der Waals surface area contributed by atoms with E-state index in [0.717, 1.165) is 37.6 Å². The standard InChI is InChI=1S/C13H14F2N6/c14-12(15)13-18-7-11(8-19-13)21-3-1-20(2-4-21)10-5-16-9-17-6-10/h5-9,12H,1-4H2. The van der Waals surface area contributed by atoms with Crippen LogP contribution in [0.15, 0.2) is 31.1 Å². The zero-order chi connectivity index (χ0) is 14.7. The van der Waals surface area contributed by atoms with Gasteiger partial charge in [-0.25, -0.2) is 28.7 Å². The van der Waals surface area contributed by atoms with Gasteiger partial charge < -0.3 is 9.80 Å². The molecule has 0 amide bonds. The van der Waals surface area contributed by atoms with E-state index in [4.69, 9.17) is 0 Å². The first kappa shape index (κ1) is 13.6. The average Bonchev–Trinajstić information content (AvgIpc) is 2.56. The Morgan fingerprint density at radius 3 is 1.76 bits per heavy atom. The summed E-state index contributed by atoms with van der Waals surface area (Å²) in [4.78, 5) is 19.7. The van der Waals surface area contributed by atoms with Crippen LogP contribution in [-0.4, -0.2) is 46.1 Å². The highest BCUT2D eigenvalue weighted by molar-refractivity contribution is 5.47. The SMILES string of the molecule is FC(F)c1ncc(N2CCN(c3cncnc3)CC2)cn1. The molecule has 1 saturated heterocycles. The minimum absolute atomic E-state index is 0.432. The number of aromatic nitrogens is 4. The first-order valence-corrected chi connectivity index (χ1v) is 6.59. The molecule has 21 heavy (non-hydrogen) atoms. The number of nitrogens with zero attached hydrogens (tertiary/aromatic N) is 6. The fourth-order valence-corrected chi connectivity index (χ4v) is 2.28. The lowest BCUT2D eigenvalue weighted by atomic mass is 10.3. The highest BCUT2D eigenvalue weighted by Crippen LogP contribution is 2.20. The Bertz CT molecular complexity index is 569. The molecule has 0 unspecified atom stereocenters. The Hall–Kier alpha value is -2.38. The summed E-state index contributed by atoms with van der Waals surface area (Å²) in [5, 5.41) is 0. The van der Waals surface area contributed by atoms with Crippen molar-refractivity contribution in [1.82, 2.24) is 19.9 Å². The molecule has 0 aromatic carbocycles. The van der Waals surface area contributed by atoms with Crippen LogP contribution in [0.2, 0.25) is 0 Å². The molecular weight excluding hydrogens is 278 g/mol. The van der Waals surface area contributed by atoms with Gasteiger partial charge in [-0.05, 0) is 0 Å². The molecule has 0 atom stereocenters. The van der Waals surface area contributed by atoms with Crippen LogP contribution in [0.1, 0.15) is 12.2 Å². The third-order valence-corrected chi connectivity index (χ3v) is 3.41. The Balaban J connectivity index is 1.63. The fourth-order valence-electron chi connectivity index (χ4n) is 2.28. The normalized spacial score (nSPS) is 15.6. The lowest BCUT2D eigenvalue weighted by Gasteiger charge is -2.36. The molecule has 0 bridgehead atoms.